The van der Waals surface area contributed by atoms with E-state index in [0.29, 0.717) is 6.61 Å². The molecule has 3 nitrogen and oxygen atoms in total. The van der Waals surface area contributed by atoms with Crippen LogP contribution in [0.5, 0.6) is 0 Å². The van der Waals surface area contributed by atoms with Crippen LogP contribution >= 0.6 is 90.4 Å². The summed E-state index contributed by atoms with van der Waals surface area (Å²) in [5, 5.41) is 9.53. The minimum atomic E-state index is -0.797. The summed E-state index contributed by atoms with van der Waals surface area (Å²) < 4.78 is 8.15. The van der Waals surface area contributed by atoms with Gasteiger partial charge in [0.15, 0.2) is 0 Å². The lowest BCUT2D eigenvalue weighted by Gasteiger charge is -2.40. The zero-order valence-electron chi connectivity index (χ0n) is 9.71. The average Bonchev–Trinajstić information content (AvgIpc) is 2.25. The molecule has 0 saturated heterocycles. The molecule has 0 spiro atoms. The molecule has 0 bridgehead atoms. The van der Waals surface area contributed by atoms with Gasteiger partial charge in [0.05, 0.1) is 9.53 Å². The van der Waals surface area contributed by atoms with Crippen LogP contribution in [0.15, 0.2) is 16.8 Å². The molecule has 1 aliphatic rings. The van der Waals surface area contributed by atoms with Crippen molar-refractivity contribution in [3.8, 4) is 0 Å². The molecule has 0 aromatic carbocycles. The summed E-state index contributed by atoms with van der Waals surface area (Å²) in [7, 11) is 0. The first kappa shape index (κ1) is 17.9. The fourth-order valence-corrected chi connectivity index (χ4v) is 7.40. The van der Waals surface area contributed by atoms with Gasteiger partial charge in [-0.2, -0.15) is 0 Å². The van der Waals surface area contributed by atoms with Gasteiger partial charge < -0.3 is 9.84 Å². The molecule has 3 unspecified atom stereocenters. The Kier molecular flexibility index (Phi) is 7.15. The maximum absolute atomic E-state index is 11.6. The van der Waals surface area contributed by atoms with Gasteiger partial charge in [-0.3, -0.25) is 4.79 Å². The minimum absolute atomic E-state index is 0.153. The lowest BCUT2D eigenvalue weighted by molar-refractivity contribution is -0.141. The van der Waals surface area contributed by atoms with Gasteiger partial charge in [0.2, 0.25) is 0 Å². The Hall–Kier alpha value is 1.83. The number of allylic oxidation sites excluding steroid dienone is 2. The van der Waals surface area contributed by atoms with E-state index in [0.717, 1.165) is 10.7 Å². The lowest BCUT2D eigenvalue weighted by atomic mass is 9.84. The third-order valence-corrected chi connectivity index (χ3v) is 10.1. The third kappa shape index (κ3) is 3.35. The van der Waals surface area contributed by atoms with Crippen molar-refractivity contribution in [1.29, 1.82) is 0 Å². The number of hydrogen-bond donors (Lipinski definition) is 1. The summed E-state index contributed by atoms with van der Waals surface area (Å²) in [5.74, 6) is -1.35. The summed E-state index contributed by atoms with van der Waals surface area (Å²) in [4.78, 5) is 11.6. The second-order valence-corrected chi connectivity index (χ2v) is 9.10. The largest absolute Gasteiger partial charge is 0.481 e. The Balaban J connectivity index is 3.34. The van der Waals surface area contributed by atoms with Crippen LogP contribution in [-0.4, -0.2) is 27.2 Å². The van der Waals surface area contributed by atoms with Gasteiger partial charge in [0.1, 0.15) is 5.92 Å². The summed E-state index contributed by atoms with van der Waals surface area (Å²) >= 11 is 8.88. The molecule has 0 fully saturated rings. The van der Waals surface area contributed by atoms with Crippen molar-refractivity contribution in [3.05, 3.63) is 16.8 Å². The van der Waals surface area contributed by atoms with E-state index in [1.54, 1.807) is 0 Å². The summed E-state index contributed by atoms with van der Waals surface area (Å²) in [6, 6.07) is 0. The van der Waals surface area contributed by atoms with Crippen LogP contribution in [-0.2, 0) is 9.53 Å². The standard InChI is InChI=1S/C11H12I4O3/c1-3-18-5(2)11(15)8(10(16)17)6(12)4-7(13)9(11)14/h4-5,8H,3H2,1-2H3,(H,16,17). The summed E-state index contributed by atoms with van der Waals surface area (Å²) in [6.45, 7) is 4.46. The first-order chi connectivity index (χ1) is 8.26. The van der Waals surface area contributed by atoms with E-state index in [-0.39, 0.29) is 6.10 Å². The normalized spacial score (nSPS) is 30.1. The second-order valence-electron chi connectivity index (χ2n) is 3.83. The second kappa shape index (κ2) is 7.20. The zero-order valence-corrected chi connectivity index (χ0v) is 18.3. The number of alkyl halides is 1. The van der Waals surface area contributed by atoms with Gasteiger partial charge in [-0.05, 0) is 87.7 Å². The number of aliphatic carboxylic acids is 1. The van der Waals surface area contributed by atoms with Crippen LogP contribution in [0.25, 0.3) is 0 Å². The van der Waals surface area contributed by atoms with E-state index in [1.807, 2.05) is 19.9 Å². The Morgan fingerprint density at radius 2 is 2.11 bits per heavy atom. The summed E-state index contributed by atoms with van der Waals surface area (Å²) in [5.41, 5.74) is 0. The molecule has 1 aliphatic carbocycles. The number of halogens is 4. The number of carbonyl (C=O) groups is 1. The Morgan fingerprint density at radius 1 is 1.56 bits per heavy atom. The maximum atomic E-state index is 11.6. The smallest absolute Gasteiger partial charge is 0.313 e. The van der Waals surface area contributed by atoms with Gasteiger partial charge in [0, 0.05) is 17.3 Å². The first-order valence-electron chi connectivity index (χ1n) is 5.22. The van der Waals surface area contributed by atoms with Gasteiger partial charge in [-0.25, -0.2) is 0 Å². The highest BCUT2D eigenvalue weighted by molar-refractivity contribution is 14.1. The molecular weight excluding hydrogens is 688 g/mol. The first-order valence-corrected chi connectivity index (χ1v) is 9.54. The van der Waals surface area contributed by atoms with Crippen LogP contribution < -0.4 is 0 Å². The highest BCUT2D eigenvalue weighted by Crippen LogP contribution is 2.53. The van der Waals surface area contributed by atoms with Crippen molar-refractivity contribution in [3.63, 3.8) is 0 Å². The predicted molar refractivity (Wildman–Crippen MR) is 106 cm³/mol. The van der Waals surface area contributed by atoms with E-state index in [9.17, 15) is 9.90 Å². The molecule has 0 saturated carbocycles. The molecule has 0 aliphatic heterocycles. The number of hydrogen-bond acceptors (Lipinski definition) is 2. The lowest BCUT2D eigenvalue weighted by Crippen LogP contribution is -2.48. The van der Waals surface area contributed by atoms with Crippen molar-refractivity contribution < 1.29 is 14.6 Å². The average molecular weight is 700 g/mol. The fourth-order valence-electron chi connectivity index (χ4n) is 1.86. The minimum Gasteiger partial charge on any atom is -0.481 e. The zero-order chi connectivity index (χ0) is 14.1. The SMILES string of the molecule is CCOC(C)C1(I)C(I)=C(I)C=C(I)C1C(=O)O. The molecule has 18 heavy (non-hydrogen) atoms. The molecule has 1 rings (SSSR count). The van der Waals surface area contributed by atoms with Gasteiger partial charge in [0.25, 0.3) is 0 Å². The highest BCUT2D eigenvalue weighted by Gasteiger charge is 2.52. The number of ether oxygens (including phenoxy) is 1. The van der Waals surface area contributed by atoms with Crippen molar-refractivity contribution in [2.75, 3.05) is 6.61 Å². The molecule has 1 N–H and O–H groups in total. The van der Waals surface area contributed by atoms with Crippen LogP contribution in [0, 0.1) is 5.92 Å². The number of rotatable bonds is 4. The van der Waals surface area contributed by atoms with Crippen molar-refractivity contribution in [2.24, 2.45) is 5.92 Å². The van der Waals surface area contributed by atoms with Crippen LogP contribution in [0.4, 0.5) is 0 Å². The van der Waals surface area contributed by atoms with Crippen molar-refractivity contribution in [2.45, 2.75) is 23.4 Å². The maximum Gasteiger partial charge on any atom is 0.313 e. The van der Waals surface area contributed by atoms with Crippen molar-refractivity contribution >= 4 is 96.3 Å². The Labute approximate surface area is 161 Å². The summed E-state index contributed by atoms with van der Waals surface area (Å²) in [6.07, 6.45) is 1.79. The van der Waals surface area contributed by atoms with E-state index in [1.165, 1.54) is 0 Å². The van der Waals surface area contributed by atoms with E-state index >= 15 is 0 Å². The van der Waals surface area contributed by atoms with Gasteiger partial charge in [-0.15, -0.1) is 0 Å². The molecule has 0 aromatic heterocycles. The van der Waals surface area contributed by atoms with Gasteiger partial charge >= 0.3 is 5.97 Å². The van der Waals surface area contributed by atoms with E-state index < -0.39 is 15.3 Å². The molecule has 102 valence electrons. The molecule has 0 aromatic rings. The highest BCUT2D eigenvalue weighted by atomic mass is 127. The molecule has 0 amide bonds. The molecular formula is C11H12I4O3. The van der Waals surface area contributed by atoms with Crippen molar-refractivity contribution in [1.82, 2.24) is 0 Å². The topological polar surface area (TPSA) is 46.5 Å². The molecule has 7 heteroatoms. The quantitative estimate of drug-likeness (QED) is 0.342. The molecule has 0 radical (unpaired) electrons. The van der Waals surface area contributed by atoms with Crippen LogP contribution in [0.3, 0.4) is 0 Å². The fraction of sp³-hybridized carbons (Fsp3) is 0.545. The Bertz CT molecular complexity index is 419. The predicted octanol–water partition coefficient (Wildman–Crippen LogP) is 4.70. The molecule has 0 heterocycles. The Morgan fingerprint density at radius 3 is 2.56 bits per heavy atom. The van der Waals surface area contributed by atoms with E-state index in [2.05, 4.69) is 90.4 Å². The third-order valence-electron chi connectivity index (χ3n) is 2.76. The number of carboxylic acids is 1. The van der Waals surface area contributed by atoms with Gasteiger partial charge in [-0.1, -0.05) is 22.6 Å². The van der Waals surface area contributed by atoms with Crippen LogP contribution in [0.2, 0.25) is 0 Å². The molecule has 3 atom stereocenters. The number of carboxylic acid groups (broad SMARTS) is 1. The van der Waals surface area contributed by atoms with Crippen LogP contribution in [0.1, 0.15) is 13.8 Å². The monoisotopic (exact) mass is 700 g/mol. The van der Waals surface area contributed by atoms with E-state index in [4.69, 9.17) is 4.74 Å².